The van der Waals surface area contributed by atoms with Crippen molar-refractivity contribution in [3.63, 3.8) is 0 Å². The van der Waals surface area contributed by atoms with Crippen molar-refractivity contribution in [2.45, 2.75) is 19.9 Å². The molecular formula is C19H20ClN3O3S2. The highest BCUT2D eigenvalue weighted by atomic mass is 35.5. The van der Waals surface area contributed by atoms with E-state index in [0.717, 1.165) is 40.2 Å². The number of benzene rings is 1. The molecule has 0 unspecified atom stereocenters. The molecule has 9 heteroatoms. The average molecular weight is 438 g/mol. The number of ether oxygens (including phenoxy) is 1. The highest BCUT2D eigenvalue weighted by molar-refractivity contribution is 7.20. The monoisotopic (exact) mass is 437 g/mol. The van der Waals surface area contributed by atoms with Crippen LogP contribution in [0.15, 0.2) is 24.3 Å². The zero-order valence-corrected chi connectivity index (χ0v) is 17.9. The maximum Gasteiger partial charge on any atom is 0.341 e. The van der Waals surface area contributed by atoms with E-state index in [4.69, 9.17) is 4.74 Å². The predicted octanol–water partition coefficient (Wildman–Crippen LogP) is 4.20. The van der Waals surface area contributed by atoms with Crippen molar-refractivity contribution >= 4 is 62.2 Å². The first-order chi connectivity index (χ1) is 13.1. The molecule has 1 N–H and O–H groups in total. The van der Waals surface area contributed by atoms with Crippen LogP contribution in [-0.2, 0) is 17.7 Å². The van der Waals surface area contributed by atoms with Crippen LogP contribution in [0, 0.1) is 0 Å². The number of esters is 1. The second-order valence-electron chi connectivity index (χ2n) is 6.36. The third-order valence-electron chi connectivity index (χ3n) is 4.44. The molecule has 148 valence electrons. The van der Waals surface area contributed by atoms with Crippen LogP contribution in [0.25, 0.3) is 10.2 Å². The molecule has 0 atom stereocenters. The van der Waals surface area contributed by atoms with Gasteiger partial charge in [-0.2, -0.15) is 0 Å². The van der Waals surface area contributed by atoms with Crippen LogP contribution >= 0.6 is 35.1 Å². The van der Waals surface area contributed by atoms with Gasteiger partial charge >= 0.3 is 5.97 Å². The summed E-state index contributed by atoms with van der Waals surface area (Å²) in [5.41, 5.74) is 2.29. The molecule has 0 radical (unpaired) electrons. The lowest BCUT2D eigenvalue weighted by Crippen LogP contribution is -2.26. The molecule has 3 heterocycles. The summed E-state index contributed by atoms with van der Waals surface area (Å²) in [6.45, 7) is 3.73. The molecule has 0 bridgehead atoms. The Bertz CT molecular complexity index is 998. The van der Waals surface area contributed by atoms with Gasteiger partial charge in [0.25, 0.3) is 5.91 Å². The molecule has 1 amide bonds. The van der Waals surface area contributed by atoms with Gasteiger partial charge in [-0.15, -0.1) is 35.1 Å². The summed E-state index contributed by atoms with van der Waals surface area (Å²) in [5, 5.41) is 3.84. The summed E-state index contributed by atoms with van der Waals surface area (Å²) < 4.78 is 6.20. The molecule has 1 aromatic carbocycles. The number of rotatable bonds is 4. The molecule has 4 rings (SSSR count). The predicted molar refractivity (Wildman–Crippen MR) is 115 cm³/mol. The number of aromatic nitrogens is 1. The minimum absolute atomic E-state index is 0. The highest BCUT2D eigenvalue weighted by Crippen LogP contribution is 2.38. The van der Waals surface area contributed by atoms with Gasteiger partial charge < -0.3 is 15.0 Å². The summed E-state index contributed by atoms with van der Waals surface area (Å²) in [4.78, 5) is 33.0. The molecule has 0 saturated heterocycles. The van der Waals surface area contributed by atoms with E-state index in [-0.39, 0.29) is 24.3 Å². The number of hydrogen-bond donors (Lipinski definition) is 1. The van der Waals surface area contributed by atoms with Crippen LogP contribution in [0.4, 0.5) is 5.00 Å². The fourth-order valence-electron chi connectivity index (χ4n) is 3.16. The Labute approximate surface area is 176 Å². The van der Waals surface area contributed by atoms with E-state index in [1.807, 2.05) is 31.3 Å². The lowest BCUT2D eigenvalue weighted by atomic mass is 10.0. The van der Waals surface area contributed by atoms with E-state index >= 15 is 0 Å². The van der Waals surface area contributed by atoms with Gasteiger partial charge in [0, 0.05) is 18.0 Å². The summed E-state index contributed by atoms with van der Waals surface area (Å²) in [5.74, 6) is -0.673. The molecule has 0 aliphatic carbocycles. The van der Waals surface area contributed by atoms with Crippen molar-refractivity contribution in [2.75, 3.05) is 25.5 Å². The maximum atomic E-state index is 12.8. The lowest BCUT2D eigenvalue weighted by molar-refractivity contribution is 0.0526. The van der Waals surface area contributed by atoms with Crippen molar-refractivity contribution in [3.8, 4) is 0 Å². The molecular weight excluding hydrogens is 418 g/mol. The quantitative estimate of drug-likeness (QED) is 0.619. The van der Waals surface area contributed by atoms with Gasteiger partial charge in [-0.3, -0.25) is 4.79 Å². The molecule has 1 aliphatic rings. The largest absolute Gasteiger partial charge is 0.462 e. The summed E-state index contributed by atoms with van der Waals surface area (Å²) in [6.07, 6.45) is 0.771. The van der Waals surface area contributed by atoms with E-state index in [2.05, 4.69) is 15.2 Å². The second kappa shape index (κ2) is 8.57. The van der Waals surface area contributed by atoms with Crippen LogP contribution in [0.2, 0.25) is 0 Å². The zero-order chi connectivity index (χ0) is 19.0. The third-order valence-corrected chi connectivity index (χ3v) is 6.61. The Morgan fingerprint density at radius 1 is 1.29 bits per heavy atom. The molecule has 28 heavy (non-hydrogen) atoms. The Kier molecular flexibility index (Phi) is 6.34. The second-order valence-corrected chi connectivity index (χ2v) is 8.49. The molecule has 1 aliphatic heterocycles. The Hall–Kier alpha value is -2.00. The fourth-order valence-corrected chi connectivity index (χ4v) is 5.34. The molecule has 6 nitrogen and oxygen atoms in total. The average Bonchev–Trinajstić information content (AvgIpc) is 3.22. The number of thiophene rings is 1. The molecule has 0 spiro atoms. The van der Waals surface area contributed by atoms with E-state index < -0.39 is 0 Å². The number of hydrogen-bond acceptors (Lipinski definition) is 7. The van der Waals surface area contributed by atoms with Gasteiger partial charge in [-0.1, -0.05) is 12.1 Å². The number of likely N-dealkylation sites (N-methyl/N-ethyl adjacent to an activating group) is 1. The van der Waals surface area contributed by atoms with Gasteiger partial charge in [-0.05, 0) is 38.1 Å². The van der Waals surface area contributed by atoms with Gasteiger partial charge in [0.2, 0.25) is 0 Å². The Balaban J connectivity index is 0.00000225. The van der Waals surface area contributed by atoms with Crippen molar-refractivity contribution in [3.05, 3.63) is 45.3 Å². The number of halogens is 1. The van der Waals surface area contributed by atoms with Crippen LogP contribution in [0.5, 0.6) is 0 Å². The van der Waals surface area contributed by atoms with Crippen LogP contribution < -0.4 is 5.32 Å². The summed E-state index contributed by atoms with van der Waals surface area (Å²) >= 11 is 2.79. The SMILES string of the molecule is CCOC(=O)c1c(NC(=O)c2nc3ccccc3s2)sc2c1CCN(C)C2.Cl. The Morgan fingerprint density at radius 2 is 2.07 bits per heavy atom. The first kappa shape index (κ1) is 20.7. The third kappa shape index (κ3) is 3.91. The van der Waals surface area contributed by atoms with Crippen molar-refractivity contribution in [2.24, 2.45) is 0 Å². The molecule has 0 saturated carbocycles. The summed E-state index contributed by atoms with van der Waals surface area (Å²) in [7, 11) is 2.05. The molecule has 3 aromatic rings. The lowest BCUT2D eigenvalue weighted by Gasteiger charge is -2.22. The number of carbonyl (C=O) groups is 2. The zero-order valence-electron chi connectivity index (χ0n) is 15.5. The minimum atomic E-state index is -0.376. The smallest absolute Gasteiger partial charge is 0.341 e. The number of amides is 1. The topological polar surface area (TPSA) is 71.5 Å². The number of anilines is 1. The molecule has 2 aromatic heterocycles. The number of para-hydroxylation sites is 1. The van der Waals surface area contributed by atoms with E-state index in [9.17, 15) is 9.59 Å². The van der Waals surface area contributed by atoms with Gasteiger partial charge in [-0.25, -0.2) is 9.78 Å². The van der Waals surface area contributed by atoms with Gasteiger partial charge in [0.15, 0.2) is 5.01 Å². The van der Waals surface area contributed by atoms with Crippen LogP contribution in [0.1, 0.15) is 37.5 Å². The van der Waals surface area contributed by atoms with E-state index in [1.54, 1.807) is 6.92 Å². The van der Waals surface area contributed by atoms with Gasteiger partial charge in [0.1, 0.15) is 5.00 Å². The van der Waals surface area contributed by atoms with E-state index in [0.29, 0.717) is 22.2 Å². The number of nitrogens with one attached hydrogen (secondary N) is 1. The first-order valence-electron chi connectivity index (χ1n) is 8.74. The highest BCUT2D eigenvalue weighted by Gasteiger charge is 2.29. The number of thiazole rings is 1. The van der Waals surface area contributed by atoms with Crippen molar-refractivity contribution in [1.82, 2.24) is 9.88 Å². The normalized spacial score (nSPS) is 13.6. The number of carbonyl (C=O) groups excluding carboxylic acids is 2. The van der Waals surface area contributed by atoms with Crippen molar-refractivity contribution in [1.29, 1.82) is 0 Å². The van der Waals surface area contributed by atoms with Crippen LogP contribution in [-0.4, -0.2) is 42.0 Å². The number of fused-ring (bicyclic) bond motifs is 2. The van der Waals surface area contributed by atoms with Crippen LogP contribution in [0.3, 0.4) is 0 Å². The Morgan fingerprint density at radius 3 is 2.82 bits per heavy atom. The van der Waals surface area contributed by atoms with Crippen molar-refractivity contribution < 1.29 is 14.3 Å². The first-order valence-corrected chi connectivity index (χ1v) is 10.4. The van der Waals surface area contributed by atoms with E-state index in [1.165, 1.54) is 22.7 Å². The summed E-state index contributed by atoms with van der Waals surface area (Å²) in [6, 6.07) is 7.64. The fraction of sp³-hybridized carbons (Fsp3) is 0.316. The minimum Gasteiger partial charge on any atom is -0.462 e. The molecule has 0 fully saturated rings. The maximum absolute atomic E-state index is 12.8. The number of nitrogens with zero attached hydrogens (tertiary/aromatic N) is 2. The van der Waals surface area contributed by atoms with Gasteiger partial charge in [0.05, 0.1) is 22.4 Å². The standard InChI is InChI=1S/C19H19N3O3S2.ClH/c1-3-25-19(24)15-11-8-9-22(2)10-14(11)27-17(15)21-16(23)18-20-12-6-4-5-7-13(12)26-18;/h4-7H,3,8-10H2,1-2H3,(H,21,23);1H.